The van der Waals surface area contributed by atoms with E-state index in [-0.39, 0.29) is 21.3 Å². The SMILES string of the molecule is C[C@H](Nc1ncnc2nc[nH]c12)C1=Cc2cccc(Cl)c2S(=O)(=O)N1c1cc(F)cc(F)c1. The fourth-order valence-electron chi connectivity index (χ4n) is 3.76. The van der Waals surface area contributed by atoms with Crippen LogP contribution in [0.25, 0.3) is 17.2 Å². The van der Waals surface area contributed by atoms with Crippen molar-refractivity contribution in [3.8, 4) is 0 Å². The number of halogens is 3. The summed E-state index contributed by atoms with van der Waals surface area (Å²) < 4.78 is 56.4. The second-order valence-electron chi connectivity index (χ2n) is 7.31. The van der Waals surface area contributed by atoms with Gasteiger partial charge in [-0.25, -0.2) is 36.5 Å². The van der Waals surface area contributed by atoms with Crippen molar-refractivity contribution in [3.05, 3.63) is 77.0 Å². The van der Waals surface area contributed by atoms with Crippen LogP contribution in [0.4, 0.5) is 20.3 Å². The van der Waals surface area contributed by atoms with Gasteiger partial charge in [0.15, 0.2) is 11.5 Å². The highest BCUT2D eigenvalue weighted by Gasteiger charge is 2.38. The van der Waals surface area contributed by atoms with E-state index >= 15 is 0 Å². The van der Waals surface area contributed by atoms with Crippen molar-refractivity contribution < 1.29 is 17.2 Å². The number of anilines is 2. The summed E-state index contributed by atoms with van der Waals surface area (Å²) in [6.07, 6.45) is 4.38. The lowest BCUT2D eigenvalue weighted by atomic mass is 10.1. The van der Waals surface area contributed by atoms with Crippen molar-refractivity contribution in [2.75, 3.05) is 9.62 Å². The van der Waals surface area contributed by atoms with Gasteiger partial charge in [-0.2, -0.15) is 0 Å². The molecule has 8 nitrogen and oxygen atoms in total. The number of hydrogen-bond donors (Lipinski definition) is 2. The quantitative estimate of drug-likeness (QED) is 0.443. The Morgan fingerprint density at radius 2 is 1.88 bits per heavy atom. The van der Waals surface area contributed by atoms with E-state index < -0.39 is 27.7 Å². The number of rotatable bonds is 4. The van der Waals surface area contributed by atoms with Crippen LogP contribution in [0, 0.1) is 11.6 Å². The highest BCUT2D eigenvalue weighted by atomic mass is 35.5. The maximum Gasteiger partial charge on any atom is 0.270 e. The first-order valence-corrected chi connectivity index (χ1v) is 11.5. The molecule has 5 rings (SSSR count). The smallest absolute Gasteiger partial charge is 0.270 e. The van der Waals surface area contributed by atoms with Gasteiger partial charge in [0.25, 0.3) is 10.0 Å². The Hall–Kier alpha value is -3.57. The van der Waals surface area contributed by atoms with Crippen LogP contribution in [0.3, 0.4) is 0 Å². The second-order valence-corrected chi connectivity index (χ2v) is 9.44. The molecule has 0 spiro atoms. The Morgan fingerprint density at radius 1 is 1.12 bits per heavy atom. The Bertz CT molecular complexity index is 1520. The lowest BCUT2D eigenvalue weighted by molar-refractivity contribution is 0.581. The molecule has 0 aliphatic carbocycles. The number of nitrogens with zero attached hydrogens (tertiary/aromatic N) is 4. The van der Waals surface area contributed by atoms with Crippen LogP contribution in [0.1, 0.15) is 12.5 Å². The van der Waals surface area contributed by atoms with Crippen LogP contribution in [0.15, 0.2) is 59.6 Å². The third-order valence-corrected chi connectivity index (χ3v) is 7.44. The highest BCUT2D eigenvalue weighted by Crippen LogP contribution is 2.40. The largest absolute Gasteiger partial charge is 0.360 e. The lowest BCUT2D eigenvalue weighted by Gasteiger charge is -2.34. The van der Waals surface area contributed by atoms with Crippen LogP contribution < -0.4 is 9.62 Å². The molecule has 1 aliphatic heterocycles. The number of nitrogens with one attached hydrogen (secondary N) is 2. The molecule has 1 atom stereocenters. The summed E-state index contributed by atoms with van der Waals surface area (Å²) in [4.78, 5) is 15.1. The molecule has 0 bridgehead atoms. The molecule has 2 aromatic heterocycles. The van der Waals surface area contributed by atoms with Gasteiger partial charge in [-0.15, -0.1) is 0 Å². The monoisotopic (exact) mass is 488 g/mol. The van der Waals surface area contributed by atoms with Gasteiger partial charge in [0.2, 0.25) is 0 Å². The summed E-state index contributed by atoms with van der Waals surface area (Å²) in [6, 6.07) is 6.55. The molecule has 33 heavy (non-hydrogen) atoms. The predicted octanol–water partition coefficient (Wildman–Crippen LogP) is 4.33. The average Bonchev–Trinajstić information content (AvgIpc) is 3.22. The number of H-pyrrole nitrogens is 1. The molecule has 12 heteroatoms. The van der Waals surface area contributed by atoms with Gasteiger partial charge in [0.1, 0.15) is 28.4 Å². The van der Waals surface area contributed by atoms with E-state index in [1.165, 1.54) is 18.7 Å². The summed E-state index contributed by atoms with van der Waals surface area (Å²) in [7, 11) is -4.31. The minimum Gasteiger partial charge on any atom is -0.360 e. The standard InChI is InChI=1S/C21H15ClF2N6O2S/c1-11(29-21-18-20(26-9-25-18)27-10-28-21)17-5-12-3-2-4-16(22)19(12)33(31,32)30(17)15-7-13(23)6-14(24)8-15/h2-11H,1H3,(H2,25,26,27,28,29)/t11-/m0/s1. The molecule has 168 valence electrons. The number of hydrogen-bond acceptors (Lipinski definition) is 6. The molecule has 0 unspecified atom stereocenters. The molecule has 0 saturated heterocycles. The van der Waals surface area contributed by atoms with E-state index in [9.17, 15) is 17.2 Å². The summed E-state index contributed by atoms with van der Waals surface area (Å²) in [5, 5.41) is 3.14. The van der Waals surface area contributed by atoms with Crippen molar-refractivity contribution in [1.29, 1.82) is 0 Å². The zero-order valence-electron chi connectivity index (χ0n) is 16.9. The molecule has 4 aromatic rings. The van der Waals surface area contributed by atoms with Crippen LogP contribution in [-0.4, -0.2) is 34.4 Å². The average molecular weight is 489 g/mol. The van der Waals surface area contributed by atoms with Gasteiger partial charge >= 0.3 is 0 Å². The molecule has 3 heterocycles. The molecule has 0 saturated carbocycles. The number of aromatic amines is 1. The molecule has 0 fully saturated rings. The number of imidazole rings is 1. The molecule has 0 radical (unpaired) electrons. The van der Waals surface area contributed by atoms with E-state index in [1.807, 2.05) is 0 Å². The molecular formula is C21H15ClF2N6O2S. The normalized spacial score (nSPS) is 15.8. The van der Waals surface area contributed by atoms with Gasteiger partial charge in [0.05, 0.1) is 28.8 Å². The first kappa shape index (κ1) is 21.3. The van der Waals surface area contributed by atoms with Gasteiger partial charge < -0.3 is 10.3 Å². The molecule has 0 amide bonds. The molecular weight excluding hydrogens is 474 g/mol. The van der Waals surface area contributed by atoms with Crippen molar-refractivity contribution >= 4 is 50.4 Å². The fourth-order valence-corrected chi connectivity index (χ4v) is 6.03. The predicted molar refractivity (Wildman–Crippen MR) is 120 cm³/mol. The van der Waals surface area contributed by atoms with E-state index in [0.29, 0.717) is 28.6 Å². The summed E-state index contributed by atoms with van der Waals surface area (Å²) >= 11 is 6.23. The van der Waals surface area contributed by atoms with E-state index in [0.717, 1.165) is 16.4 Å². The van der Waals surface area contributed by atoms with Gasteiger partial charge in [-0.05, 0) is 36.8 Å². The summed E-state index contributed by atoms with van der Waals surface area (Å²) in [6.45, 7) is 1.70. The van der Waals surface area contributed by atoms with Crippen molar-refractivity contribution in [3.63, 3.8) is 0 Å². The highest BCUT2D eigenvalue weighted by molar-refractivity contribution is 7.93. The van der Waals surface area contributed by atoms with Gasteiger partial charge in [-0.3, -0.25) is 0 Å². The number of benzene rings is 2. The number of sulfonamides is 1. The van der Waals surface area contributed by atoms with E-state index in [4.69, 9.17) is 11.6 Å². The lowest BCUT2D eigenvalue weighted by Crippen LogP contribution is -2.40. The van der Waals surface area contributed by atoms with Crippen LogP contribution >= 0.6 is 11.6 Å². The van der Waals surface area contributed by atoms with Gasteiger partial charge in [-0.1, -0.05) is 23.7 Å². The minimum absolute atomic E-state index is 0.000237. The Balaban J connectivity index is 1.68. The zero-order chi connectivity index (χ0) is 23.3. The van der Waals surface area contributed by atoms with Crippen molar-refractivity contribution in [2.24, 2.45) is 0 Å². The Morgan fingerprint density at radius 3 is 2.64 bits per heavy atom. The maximum atomic E-state index is 14.1. The maximum absolute atomic E-state index is 14.1. The third kappa shape index (κ3) is 3.58. The zero-order valence-corrected chi connectivity index (χ0v) is 18.5. The van der Waals surface area contributed by atoms with E-state index in [1.54, 1.807) is 25.1 Å². The molecule has 1 aliphatic rings. The van der Waals surface area contributed by atoms with Crippen LogP contribution in [0.5, 0.6) is 0 Å². The minimum atomic E-state index is -4.31. The Kier molecular flexibility index (Phi) is 5.02. The van der Waals surface area contributed by atoms with E-state index in [2.05, 4.69) is 25.3 Å². The van der Waals surface area contributed by atoms with Crippen molar-refractivity contribution in [2.45, 2.75) is 17.9 Å². The Labute approximate surface area is 192 Å². The number of aromatic nitrogens is 4. The van der Waals surface area contributed by atoms with Gasteiger partial charge in [0, 0.05) is 6.07 Å². The van der Waals surface area contributed by atoms with Crippen molar-refractivity contribution in [1.82, 2.24) is 19.9 Å². The molecule has 2 aromatic carbocycles. The topological polar surface area (TPSA) is 104 Å². The second kappa shape index (κ2) is 7.78. The molecule has 2 N–H and O–H groups in total. The first-order valence-electron chi connectivity index (χ1n) is 9.68. The van der Waals surface area contributed by atoms with Crippen LogP contribution in [0.2, 0.25) is 5.02 Å². The first-order chi connectivity index (χ1) is 15.8. The summed E-state index contributed by atoms with van der Waals surface area (Å²) in [5.74, 6) is -1.45. The number of fused-ring (bicyclic) bond motifs is 2. The van der Waals surface area contributed by atoms with Crippen LogP contribution in [-0.2, 0) is 10.0 Å². The fraction of sp³-hybridized carbons (Fsp3) is 0.0952. The third-order valence-electron chi connectivity index (χ3n) is 5.14. The summed E-state index contributed by atoms with van der Waals surface area (Å²) in [5.41, 5.74) is 1.31.